The number of rotatable bonds is 2. The quantitative estimate of drug-likeness (QED) is 0.755. The molecule has 0 aliphatic heterocycles. The Kier molecular flexibility index (Phi) is 2.49. The van der Waals surface area contributed by atoms with Crippen LogP contribution in [0.25, 0.3) is 6.08 Å². The van der Waals surface area contributed by atoms with Gasteiger partial charge in [-0.3, -0.25) is 9.59 Å². The normalized spacial score (nSPS) is 30.0. The third kappa shape index (κ3) is 1.40. The molecular formula is C15H14O4. The summed E-state index contributed by atoms with van der Waals surface area (Å²) in [6.45, 7) is 0. The summed E-state index contributed by atoms with van der Waals surface area (Å²) in [6, 6.07) is 7.77. The van der Waals surface area contributed by atoms with Crippen LogP contribution >= 0.6 is 0 Å². The molecule has 0 radical (unpaired) electrons. The number of hydrogen-bond acceptors (Lipinski definition) is 4. The summed E-state index contributed by atoms with van der Waals surface area (Å²) in [5, 5.41) is 0. The molecule has 1 spiro atoms. The molecule has 2 unspecified atom stereocenters. The van der Waals surface area contributed by atoms with Gasteiger partial charge in [0.2, 0.25) is 0 Å². The van der Waals surface area contributed by atoms with E-state index >= 15 is 0 Å². The molecule has 98 valence electrons. The van der Waals surface area contributed by atoms with Crippen molar-refractivity contribution in [1.29, 1.82) is 0 Å². The average molecular weight is 258 g/mol. The Balaban J connectivity index is 2.07. The molecule has 1 fully saturated rings. The number of esters is 2. The SMILES string of the molecule is COC(=O)C1C(C(=O)OC)C12C=Cc1ccccc12. The Hall–Kier alpha value is -2.10. The predicted octanol–water partition coefficient (Wildman–Crippen LogP) is 1.54. The van der Waals surface area contributed by atoms with E-state index in [1.54, 1.807) is 0 Å². The van der Waals surface area contributed by atoms with Crippen molar-refractivity contribution in [2.24, 2.45) is 11.8 Å². The zero-order valence-electron chi connectivity index (χ0n) is 10.8. The highest BCUT2D eigenvalue weighted by Crippen LogP contribution is 2.65. The summed E-state index contributed by atoms with van der Waals surface area (Å²) in [5.74, 6) is -1.69. The zero-order chi connectivity index (χ0) is 13.6. The van der Waals surface area contributed by atoms with Crippen LogP contribution in [0.3, 0.4) is 0 Å². The summed E-state index contributed by atoms with van der Waals surface area (Å²) in [5.41, 5.74) is 1.47. The topological polar surface area (TPSA) is 52.6 Å². The first-order valence-corrected chi connectivity index (χ1v) is 6.11. The summed E-state index contributed by atoms with van der Waals surface area (Å²) in [4.78, 5) is 23.8. The fourth-order valence-corrected chi connectivity index (χ4v) is 3.22. The van der Waals surface area contributed by atoms with Crippen LogP contribution in [0.2, 0.25) is 0 Å². The van der Waals surface area contributed by atoms with E-state index in [-0.39, 0.29) is 11.9 Å². The van der Waals surface area contributed by atoms with Crippen molar-refractivity contribution < 1.29 is 19.1 Å². The van der Waals surface area contributed by atoms with Crippen molar-refractivity contribution in [3.8, 4) is 0 Å². The summed E-state index contributed by atoms with van der Waals surface area (Å²) >= 11 is 0. The van der Waals surface area contributed by atoms with E-state index in [1.807, 2.05) is 36.4 Å². The van der Waals surface area contributed by atoms with E-state index in [1.165, 1.54) is 14.2 Å². The molecule has 4 nitrogen and oxygen atoms in total. The molecule has 2 aliphatic rings. The van der Waals surface area contributed by atoms with Gasteiger partial charge in [0.05, 0.1) is 26.1 Å². The van der Waals surface area contributed by atoms with Gasteiger partial charge in [-0.15, -0.1) is 0 Å². The third-order valence-electron chi connectivity index (χ3n) is 4.13. The van der Waals surface area contributed by atoms with Crippen LogP contribution in [0.5, 0.6) is 0 Å². The Morgan fingerprint density at radius 1 is 1.05 bits per heavy atom. The highest BCUT2D eigenvalue weighted by Gasteiger charge is 2.73. The van der Waals surface area contributed by atoms with E-state index in [0.29, 0.717) is 0 Å². The molecule has 0 aromatic heterocycles. The second-order valence-electron chi connectivity index (χ2n) is 4.86. The summed E-state index contributed by atoms with van der Waals surface area (Å²) in [7, 11) is 2.68. The van der Waals surface area contributed by atoms with Gasteiger partial charge in [-0.2, -0.15) is 0 Å². The predicted molar refractivity (Wildman–Crippen MR) is 68.2 cm³/mol. The van der Waals surface area contributed by atoms with Crippen LogP contribution in [0.1, 0.15) is 11.1 Å². The minimum absolute atomic E-state index is 0.364. The molecule has 2 atom stereocenters. The van der Waals surface area contributed by atoms with Gasteiger partial charge < -0.3 is 9.47 Å². The molecule has 0 saturated heterocycles. The highest BCUT2D eigenvalue weighted by atomic mass is 16.5. The van der Waals surface area contributed by atoms with Crippen LogP contribution in [-0.4, -0.2) is 26.2 Å². The number of carbonyl (C=O) groups excluding carboxylic acids is 2. The maximum absolute atomic E-state index is 11.9. The smallest absolute Gasteiger partial charge is 0.310 e. The van der Waals surface area contributed by atoms with Gasteiger partial charge in [0, 0.05) is 5.41 Å². The van der Waals surface area contributed by atoms with Crippen molar-refractivity contribution in [2.75, 3.05) is 14.2 Å². The van der Waals surface area contributed by atoms with Crippen LogP contribution in [0.4, 0.5) is 0 Å². The molecule has 0 N–H and O–H groups in total. The first-order valence-electron chi connectivity index (χ1n) is 6.11. The van der Waals surface area contributed by atoms with Crippen LogP contribution in [0, 0.1) is 11.8 Å². The molecule has 0 amide bonds. The molecule has 0 bridgehead atoms. The van der Waals surface area contributed by atoms with Gasteiger partial charge in [0.1, 0.15) is 0 Å². The van der Waals surface area contributed by atoms with Gasteiger partial charge in [0.25, 0.3) is 0 Å². The minimum atomic E-state index is -0.573. The molecular weight excluding hydrogens is 244 g/mol. The van der Waals surface area contributed by atoms with Gasteiger partial charge >= 0.3 is 11.9 Å². The minimum Gasteiger partial charge on any atom is -0.469 e. The molecule has 1 aromatic rings. The molecule has 1 aromatic carbocycles. The number of hydrogen-bond donors (Lipinski definition) is 0. The van der Waals surface area contributed by atoms with E-state index in [9.17, 15) is 9.59 Å². The number of benzene rings is 1. The monoisotopic (exact) mass is 258 g/mol. The second kappa shape index (κ2) is 3.95. The van der Waals surface area contributed by atoms with E-state index in [2.05, 4.69) is 0 Å². The number of ether oxygens (including phenoxy) is 2. The Bertz CT molecular complexity index is 566. The van der Waals surface area contributed by atoms with Gasteiger partial charge in [-0.05, 0) is 11.1 Å². The first kappa shape index (κ1) is 12.0. The highest BCUT2D eigenvalue weighted by molar-refractivity contribution is 5.95. The van der Waals surface area contributed by atoms with Crippen molar-refractivity contribution in [2.45, 2.75) is 5.41 Å². The molecule has 2 aliphatic carbocycles. The van der Waals surface area contributed by atoms with Gasteiger partial charge in [-0.25, -0.2) is 0 Å². The van der Waals surface area contributed by atoms with Crippen LogP contribution in [0.15, 0.2) is 30.3 Å². The van der Waals surface area contributed by atoms with Crippen molar-refractivity contribution in [3.63, 3.8) is 0 Å². The zero-order valence-corrected chi connectivity index (χ0v) is 10.8. The van der Waals surface area contributed by atoms with Crippen LogP contribution in [-0.2, 0) is 24.5 Å². The maximum atomic E-state index is 11.9. The fourth-order valence-electron chi connectivity index (χ4n) is 3.22. The van der Waals surface area contributed by atoms with Crippen molar-refractivity contribution in [3.05, 3.63) is 41.5 Å². The Morgan fingerprint density at radius 2 is 1.63 bits per heavy atom. The Morgan fingerprint density at radius 3 is 2.21 bits per heavy atom. The number of fused-ring (bicyclic) bond motifs is 2. The largest absolute Gasteiger partial charge is 0.469 e. The molecule has 19 heavy (non-hydrogen) atoms. The lowest BCUT2D eigenvalue weighted by Gasteiger charge is -2.10. The van der Waals surface area contributed by atoms with E-state index in [4.69, 9.17) is 9.47 Å². The number of allylic oxidation sites excluding steroid dienone is 1. The lowest BCUT2D eigenvalue weighted by Crippen LogP contribution is -2.13. The molecule has 0 heterocycles. The van der Waals surface area contributed by atoms with Crippen molar-refractivity contribution in [1.82, 2.24) is 0 Å². The second-order valence-corrected chi connectivity index (χ2v) is 4.86. The van der Waals surface area contributed by atoms with Gasteiger partial charge in [-0.1, -0.05) is 36.4 Å². The molecule has 3 rings (SSSR count). The Labute approximate surface area is 111 Å². The summed E-state index contributed by atoms with van der Waals surface area (Å²) < 4.78 is 9.64. The van der Waals surface area contributed by atoms with Crippen LogP contribution < -0.4 is 0 Å². The lowest BCUT2D eigenvalue weighted by atomic mass is 9.94. The number of carbonyl (C=O) groups is 2. The third-order valence-corrected chi connectivity index (χ3v) is 4.13. The van der Waals surface area contributed by atoms with Crippen molar-refractivity contribution >= 4 is 18.0 Å². The standard InChI is InChI=1S/C15H14O4/c1-18-13(16)11-12(14(17)19-2)15(11)8-7-9-5-3-4-6-10(9)15/h3-8,11-12H,1-2H3. The van der Waals surface area contributed by atoms with Gasteiger partial charge in [0.15, 0.2) is 0 Å². The summed E-state index contributed by atoms with van der Waals surface area (Å²) in [6.07, 6.45) is 3.88. The molecule has 1 saturated carbocycles. The molecule has 4 heteroatoms. The average Bonchev–Trinajstić information content (AvgIpc) is 2.98. The number of methoxy groups -OCH3 is 2. The first-order chi connectivity index (χ1) is 9.16. The van der Waals surface area contributed by atoms with E-state index in [0.717, 1.165) is 11.1 Å². The fraction of sp³-hybridized carbons (Fsp3) is 0.333. The lowest BCUT2D eigenvalue weighted by molar-refractivity contribution is -0.148. The van der Waals surface area contributed by atoms with E-state index < -0.39 is 17.3 Å². The maximum Gasteiger partial charge on any atom is 0.310 e.